The maximum atomic E-state index is 8.55. The van der Waals surface area contributed by atoms with Gasteiger partial charge in [0.2, 0.25) is 5.82 Å². The fraction of sp³-hybridized carbons (Fsp3) is 0.0909. The summed E-state index contributed by atoms with van der Waals surface area (Å²) in [5.74, 6) is 0.173. The highest BCUT2D eigenvalue weighted by molar-refractivity contribution is 5.56. The standard InChI is InChI=1S/C11H8N4/c1-8-3-2-4-10(15-8)9-6-13-11(5-12)14-7-9/h2-4,6-7H,1H3. The largest absolute Gasteiger partial charge is 0.253 e. The molecular formula is C11H8N4. The summed E-state index contributed by atoms with van der Waals surface area (Å²) in [4.78, 5) is 12.1. The zero-order chi connectivity index (χ0) is 10.7. The Morgan fingerprint density at radius 1 is 1.20 bits per heavy atom. The molecule has 2 aromatic heterocycles. The topological polar surface area (TPSA) is 62.5 Å². The van der Waals surface area contributed by atoms with Gasteiger partial charge in [-0.05, 0) is 19.1 Å². The van der Waals surface area contributed by atoms with Gasteiger partial charge in [0.05, 0.1) is 5.69 Å². The highest BCUT2D eigenvalue weighted by atomic mass is 14.9. The lowest BCUT2D eigenvalue weighted by atomic mass is 10.2. The van der Waals surface area contributed by atoms with E-state index in [1.54, 1.807) is 12.4 Å². The summed E-state index contributed by atoms with van der Waals surface area (Å²) >= 11 is 0. The Labute approximate surface area is 87.3 Å². The van der Waals surface area contributed by atoms with Gasteiger partial charge >= 0.3 is 0 Å². The molecule has 15 heavy (non-hydrogen) atoms. The van der Waals surface area contributed by atoms with Crippen LogP contribution < -0.4 is 0 Å². The minimum Gasteiger partial charge on any atom is -0.253 e. The summed E-state index contributed by atoms with van der Waals surface area (Å²) in [5.41, 5.74) is 2.58. The van der Waals surface area contributed by atoms with E-state index in [1.165, 1.54) is 0 Å². The predicted octanol–water partition coefficient (Wildman–Crippen LogP) is 1.72. The van der Waals surface area contributed by atoms with Crippen molar-refractivity contribution >= 4 is 0 Å². The van der Waals surface area contributed by atoms with Crippen molar-refractivity contribution in [2.75, 3.05) is 0 Å². The van der Waals surface area contributed by atoms with Crippen LogP contribution in [0.15, 0.2) is 30.6 Å². The number of aryl methyl sites for hydroxylation is 1. The second-order valence-electron chi connectivity index (χ2n) is 3.07. The molecule has 4 heteroatoms. The van der Waals surface area contributed by atoms with E-state index in [-0.39, 0.29) is 5.82 Å². The van der Waals surface area contributed by atoms with Crippen LogP contribution in [0.2, 0.25) is 0 Å². The highest BCUT2D eigenvalue weighted by Crippen LogP contribution is 2.14. The molecule has 2 aromatic rings. The van der Waals surface area contributed by atoms with Gasteiger partial charge in [0.15, 0.2) is 0 Å². The number of hydrogen-bond donors (Lipinski definition) is 0. The quantitative estimate of drug-likeness (QED) is 0.696. The van der Waals surface area contributed by atoms with Crippen LogP contribution in [0.4, 0.5) is 0 Å². The Morgan fingerprint density at radius 3 is 2.53 bits per heavy atom. The van der Waals surface area contributed by atoms with Crippen molar-refractivity contribution in [1.82, 2.24) is 15.0 Å². The summed E-state index contributed by atoms with van der Waals surface area (Å²) in [6, 6.07) is 7.61. The molecule has 0 aliphatic carbocycles. The van der Waals surface area contributed by atoms with Crippen LogP contribution in [0.25, 0.3) is 11.3 Å². The minimum absolute atomic E-state index is 0.173. The van der Waals surface area contributed by atoms with Gasteiger partial charge in [0.25, 0.3) is 0 Å². The molecule has 0 spiro atoms. The van der Waals surface area contributed by atoms with Crippen molar-refractivity contribution in [2.45, 2.75) is 6.92 Å². The summed E-state index contributed by atoms with van der Waals surface area (Å²) in [6.07, 6.45) is 3.21. The van der Waals surface area contributed by atoms with Crippen LogP contribution in [0.5, 0.6) is 0 Å². The molecule has 0 bridgehead atoms. The van der Waals surface area contributed by atoms with Gasteiger partial charge in [-0.2, -0.15) is 5.26 Å². The smallest absolute Gasteiger partial charge is 0.232 e. The van der Waals surface area contributed by atoms with Crippen LogP contribution in [0, 0.1) is 18.3 Å². The van der Waals surface area contributed by atoms with Crippen molar-refractivity contribution in [3.05, 3.63) is 42.1 Å². The second kappa shape index (κ2) is 3.84. The molecular weight excluding hydrogens is 188 g/mol. The van der Waals surface area contributed by atoms with Crippen LogP contribution >= 0.6 is 0 Å². The van der Waals surface area contributed by atoms with E-state index in [4.69, 9.17) is 5.26 Å². The second-order valence-corrected chi connectivity index (χ2v) is 3.07. The van der Waals surface area contributed by atoms with Gasteiger partial charge < -0.3 is 0 Å². The third-order valence-corrected chi connectivity index (χ3v) is 1.94. The molecule has 72 valence electrons. The van der Waals surface area contributed by atoms with Crippen molar-refractivity contribution in [1.29, 1.82) is 5.26 Å². The van der Waals surface area contributed by atoms with Gasteiger partial charge in [0, 0.05) is 23.7 Å². The normalized spacial score (nSPS) is 9.60. The van der Waals surface area contributed by atoms with Crippen LogP contribution in [-0.2, 0) is 0 Å². The fourth-order valence-electron chi connectivity index (χ4n) is 1.22. The number of hydrogen-bond acceptors (Lipinski definition) is 4. The molecule has 0 atom stereocenters. The van der Waals surface area contributed by atoms with Gasteiger partial charge in [0.1, 0.15) is 6.07 Å². The maximum absolute atomic E-state index is 8.55. The molecule has 0 unspecified atom stereocenters. The van der Waals surface area contributed by atoms with E-state index < -0.39 is 0 Å². The van der Waals surface area contributed by atoms with Crippen LogP contribution in [-0.4, -0.2) is 15.0 Å². The van der Waals surface area contributed by atoms with E-state index in [0.717, 1.165) is 17.0 Å². The maximum Gasteiger partial charge on any atom is 0.232 e. The van der Waals surface area contributed by atoms with Gasteiger partial charge in [-0.25, -0.2) is 9.97 Å². The molecule has 0 amide bonds. The van der Waals surface area contributed by atoms with Gasteiger partial charge in [-0.1, -0.05) is 6.07 Å². The average molecular weight is 196 g/mol. The molecule has 0 aromatic carbocycles. The van der Waals surface area contributed by atoms with E-state index >= 15 is 0 Å². The number of nitrogens with zero attached hydrogens (tertiary/aromatic N) is 4. The molecule has 0 saturated heterocycles. The first-order valence-corrected chi connectivity index (χ1v) is 4.46. The summed E-state index contributed by atoms with van der Waals surface area (Å²) in [5, 5.41) is 8.55. The Hall–Kier alpha value is -2.28. The molecule has 0 N–H and O–H groups in total. The SMILES string of the molecule is Cc1cccc(-c2cnc(C#N)nc2)n1. The van der Waals surface area contributed by atoms with Gasteiger partial charge in [-0.3, -0.25) is 4.98 Å². The molecule has 4 nitrogen and oxygen atoms in total. The Kier molecular flexibility index (Phi) is 2.38. The first kappa shape index (κ1) is 9.28. The fourth-order valence-corrected chi connectivity index (χ4v) is 1.22. The zero-order valence-corrected chi connectivity index (χ0v) is 8.18. The van der Waals surface area contributed by atoms with Crippen molar-refractivity contribution in [3.63, 3.8) is 0 Å². The predicted molar refractivity (Wildman–Crippen MR) is 54.7 cm³/mol. The van der Waals surface area contributed by atoms with Crippen molar-refractivity contribution in [3.8, 4) is 17.3 Å². The van der Waals surface area contributed by atoms with Crippen molar-refractivity contribution in [2.24, 2.45) is 0 Å². The average Bonchev–Trinajstić information content (AvgIpc) is 2.29. The van der Waals surface area contributed by atoms with E-state index in [0.29, 0.717) is 0 Å². The molecule has 0 fully saturated rings. The molecule has 0 aliphatic rings. The number of pyridine rings is 1. The first-order chi connectivity index (χ1) is 7.29. The Balaban J connectivity index is 2.42. The van der Waals surface area contributed by atoms with Crippen molar-refractivity contribution < 1.29 is 0 Å². The van der Waals surface area contributed by atoms with Gasteiger partial charge in [-0.15, -0.1) is 0 Å². The Morgan fingerprint density at radius 2 is 1.93 bits per heavy atom. The summed E-state index contributed by atoms with van der Waals surface area (Å²) < 4.78 is 0. The number of rotatable bonds is 1. The lowest BCUT2D eigenvalue weighted by Crippen LogP contribution is -1.91. The summed E-state index contributed by atoms with van der Waals surface area (Å²) in [6.45, 7) is 1.92. The molecule has 0 saturated carbocycles. The third-order valence-electron chi connectivity index (χ3n) is 1.94. The molecule has 0 aliphatic heterocycles. The highest BCUT2D eigenvalue weighted by Gasteiger charge is 2.00. The third kappa shape index (κ3) is 1.97. The number of aromatic nitrogens is 3. The summed E-state index contributed by atoms with van der Waals surface area (Å²) in [7, 11) is 0. The van der Waals surface area contributed by atoms with E-state index in [2.05, 4.69) is 15.0 Å². The Bertz CT molecular complexity index is 511. The van der Waals surface area contributed by atoms with E-state index in [9.17, 15) is 0 Å². The first-order valence-electron chi connectivity index (χ1n) is 4.46. The lowest BCUT2D eigenvalue weighted by molar-refractivity contribution is 1.10. The molecule has 0 radical (unpaired) electrons. The monoisotopic (exact) mass is 196 g/mol. The van der Waals surface area contributed by atoms with E-state index in [1.807, 2.05) is 31.2 Å². The molecule has 2 heterocycles. The number of nitriles is 1. The zero-order valence-electron chi connectivity index (χ0n) is 8.18. The minimum atomic E-state index is 0.173. The molecule has 2 rings (SSSR count). The lowest BCUT2D eigenvalue weighted by Gasteiger charge is -2.00. The van der Waals surface area contributed by atoms with Crippen LogP contribution in [0.1, 0.15) is 11.5 Å². The van der Waals surface area contributed by atoms with Crippen LogP contribution in [0.3, 0.4) is 0 Å².